The molecule has 3 fully saturated rings. The van der Waals surface area contributed by atoms with Gasteiger partial charge in [0, 0.05) is 32.2 Å². The predicted octanol–water partition coefficient (Wildman–Crippen LogP) is 2.56. The van der Waals surface area contributed by atoms with E-state index in [4.69, 9.17) is 4.74 Å². The monoisotopic (exact) mass is 532 g/mol. The Morgan fingerprint density at radius 3 is 2.35 bits per heavy atom. The minimum absolute atomic E-state index is 0.106. The van der Waals surface area contributed by atoms with Gasteiger partial charge in [-0.25, -0.2) is 8.42 Å². The van der Waals surface area contributed by atoms with Gasteiger partial charge >= 0.3 is 0 Å². The number of piperidine rings is 3. The molecule has 4 aliphatic rings. The molecule has 0 aliphatic carbocycles. The molecule has 204 valence electrons. The Hall–Kier alpha value is -2.17. The lowest BCUT2D eigenvalue weighted by Gasteiger charge is -2.40. The largest absolute Gasteiger partial charge is 0.482 e. The van der Waals surface area contributed by atoms with Gasteiger partial charge in [-0.1, -0.05) is 20.3 Å². The second-order valence-electron chi connectivity index (χ2n) is 11.4. The van der Waals surface area contributed by atoms with Crippen molar-refractivity contribution in [3.05, 3.63) is 18.2 Å². The van der Waals surface area contributed by atoms with E-state index in [9.17, 15) is 18.0 Å². The molecule has 37 heavy (non-hydrogen) atoms. The molecule has 0 N–H and O–H groups in total. The summed E-state index contributed by atoms with van der Waals surface area (Å²) in [4.78, 5) is 32.1. The van der Waals surface area contributed by atoms with Gasteiger partial charge in [0.2, 0.25) is 15.9 Å². The normalized spacial score (nSPS) is 26.6. The maximum atomic E-state index is 13.5. The maximum absolute atomic E-state index is 13.5. The van der Waals surface area contributed by atoms with Gasteiger partial charge < -0.3 is 14.5 Å². The van der Waals surface area contributed by atoms with Crippen LogP contribution in [0.4, 0.5) is 5.69 Å². The van der Waals surface area contributed by atoms with Gasteiger partial charge in [-0.15, -0.1) is 0 Å². The van der Waals surface area contributed by atoms with Crippen LogP contribution in [0.5, 0.6) is 5.75 Å². The second kappa shape index (κ2) is 10.9. The lowest BCUT2D eigenvalue weighted by Crippen LogP contribution is -2.51. The summed E-state index contributed by atoms with van der Waals surface area (Å²) in [5.74, 6) is 0.558. The number of fused-ring (bicyclic) bond motifs is 1. The number of likely N-dealkylation sites (tertiary alicyclic amines) is 2. The van der Waals surface area contributed by atoms with Gasteiger partial charge in [-0.3, -0.25) is 14.5 Å². The van der Waals surface area contributed by atoms with Gasteiger partial charge in [-0.2, -0.15) is 4.31 Å². The quantitative estimate of drug-likeness (QED) is 0.579. The third-order valence-corrected chi connectivity index (χ3v) is 10.2. The Balaban J connectivity index is 1.29. The molecule has 2 amide bonds. The Labute approximate surface area is 220 Å². The molecular formula is C27H40N4O5S. The van der Waals surface area contributed by atoms with Crippen LogP contribution < -0.4 is 9.64 Å². The van der Waals surface area contributed by atoms with Crippen LogP contribution in [0.1, 0.15) is 52.4 Å². The highest BCUT2D eigenvalue weighted by Crippen LogP contribution is 2.36. The fourth-order valence-corrected chi connectivity index (χ4v) is 8.17. The van der Waals surface area contributed by atoms with E-state index in [0.29, 0.717) is 43.7 Å². The van der Waals surface area contributed by atoms with Gasteiger partial charge in [0.1, 0.15) is 12.3 Å². The molecule has 10 heteroatoms. The molecule has 0 spiro atoms. The average molecular weight is 533 g/mol. The van der Waals surface area contributed by atoms with Crippen LogP contribution in [0.15, 0.2) is 23.1 Å². The van der Waals surface area contributed by atoms with Crippen LogP contribution in [-0.2, 0) is 19.6 Å². The summed E-state index contributed by atoms with van der Waals surface area (Å²) in [5.41, 5.74) is 0.354. The zero-order valence-electron chi connectivity index (χ0n) is 22.1. The van der Waals surface area contributed by atoms with Crippen molar-refractivity contribution in [1.29, 1.82) is 0 Å². The number of hydrogen-bond acceptors (Lipinski definition) is 6. The molecule has 2 atom stereocenters. The number of sulfonamides is 1. The molecule has 0 aromatic heterocycles. The van der Waals surface area contributed by atoms with Gasteiger partial charge in [0.05, 0.1) is 10.6 Å². The van der Waals surface area contributed by atoms with Crippen molar-refractivity contribution in [2.24, 2.45) is 11.8 Å². The molecule has 4 heterocycles. The van der Waals surface area contributed by atoms with Crippen LogP contribution in [0.2, 0.25) is 0 Å². The first-order chi connectivity index (χ1) is 17.7. The van der Waals surface area contributed by atoms with Gasteiger partial charge in [-0.05, 0) is 75.2 Å². The lowest BCUT2D eigenvalue weighted by molar-refractivity contribution is -0.133. The molecule has 1 aromatic rings. The Kier molecular flexibility index (Phi) is 7.79. The van der Waals surface area contributed by atoms with E-state index in [1.165, 1.54) is 30.2 Å². The van der Waals surface area contributed by atoms with Crippen LogP contribution in [0.3, 0.4) is 0 Å². The predicted molar refractivity (Wildman–Crippen MR) is 141 cm³/mol. The summed E-state index contributed by atoms with van der Waals surface area (Å²) in [7, 11) is -3.73. The van der Waals surface area contributed by atoms with Crippen molar-refractivity contribution in [2.75, 3.05) is 57.3 Å². The molecule has 0 unspecified atom stereocenters. The Bertz CT molecular complexity index is 1100. The van der Waals surface area contributed by atoms with Crippen LogP contribution >= 0.6 is 0 Å². The first-order valence-corrected chi connectivity index (χ1v) is 15.3. The number of anilines is 1. The second-order valence-corrected chi connectivity index (χ2v) is 13.3. The van der Waals surface area contributed by atoms with E-state index in [1.807, 2.05) is 4.90 Å². The van der Waals surface area contributed by atoms with Crippen molar-refractivity contribution < 1.29 is 22.7 Å². The molecule has 5 rings (SSSR count). The third-order valence-electron chi connectivity index (χ3n) is 8.36. The summed E-state index contributed by atoms with van der Waals surface area (Å²) in [6, 6.07) is 5.18. The lowest BCUT2D eigenvalue weighted by atomic mass is 9.94. The zero-order valence-corrected chi connectivity index (χ0v) is 22.9. The number of carbonyl (C=O) groups excluding carboxylic acids is 2. The molecule has 3 saturated heterocycles. The van der Waals surface area contributed by atoms with Crippen LogP contribution in [0.25, 0.3) is 0 Å². The van der Waals surface area contributed by atoms with Gasteiger partial charge in [0.25, 0.3) is 5.91 Å². The van der Waals surface area contributed by atoms with Gasteiger partial charge in [0.15, 0.2) is 6.61 Å². The number of amides is 2. The summed E-state index contributed by atoms with van der Waals surface area (Å²) in [5, 5.41) is 0. The molecule has 0 bridgehead atoms. The smallest absolute Gasteiger partial charge is 0.265 e. The van der Waals surface area contributed by atoms with Crippen molar-refractivity contribution in [3.8, 4) is 5.75 Å². The van der Waals surface area contributed by atoms with E-state index in [1.54, 1.807) is 16.4 Å². The summed E-state index contributed by atoms with van der Waals surface area (Å²) in [6.07, 6.45) is 6.73. The highest BCUT2D eigenvalue weighted by Gasteiger charge is 2.35. The Morgan fingerprint density at radius 2 is 1.68 bits per heavy atom. The van der Waals surface area contributed by atoms with Crippen molar-refractivity contribution in [3.63, 3.8) is 0 Å². The van der Waals surface area contributed by atoms with E-state index in [2.05, 4.69) is 18.7 Å². The number of hydrogen-bond donors (Lipinski definition) is 0. The highest BCUT2D eigenvalue weighted by atomic mass is 32.2. The number of rotatable bonds is 5. The molecule has 0 saturated carbocycles. The minimum atomic E-state index is -3.73. The first kappa shape index (κ1) is 26.4. The first-order valence-electron chi connectivity index (χ1n) is 13.8. The maximum Gasteiger partial charge on any atom is 0.265 e. The Morgan fingerprint density at radius 1 is 1.00 bits per heavy atom. The standard InChI is InChI=1S/C27H40N4O5S/c1-20-14-21(2)17-30(16-20)37(34,35)23-6-7-25-24(15-23)31(27(33)19-36-25)18-26(32)29-12-8-22(9-13-29)28-10-4-3-5-11-28/h6-7,15,20-22H,3-5,8-14,16-19H2,1-2H3/t20-,21+. The summed E-state index contributed by atoms with van der Waals surface area (Å²) < 4.78 is 34.1. The molecule has 4 aliphatic heterocycles. The number of carbonyl (C=O) groups is 2. The number of ether oxygens (including phenoxy) is 1. The fraction of sp³-hybridized carbons (Fsp3) is 0.704. The third kappa shape index (κ3) is 5.66. The van der Waals surface area contributed by atoms with Crippen LogP contribution in [0, 0.1) is 11.8 Å². The molecule has 0 radical (unpaired) electrons. The molecular weight excluding hydrogens is 492 g/mol. The minimum Gasteiger partial charge on any atom is -0.482 e. The average Bonchev–Trinajstić information content (AvgIpc) is 2.90. The van der Waals surface area contributed by atoms with E-state index in [-0.39, 0.29) is 41.7 Å². The van der Waals surface area contributed by atoms with Crippen molar-refractivity contribution in [1.82, 2.24) is 14.1 Å². The summed E-state index contributed by atoms with van der Waals surface area (Å²) >= 11 is 0. The molecule has 9 nitrogen and oxygen atoms in total. The van der Waals surface area contributed by atoms with E-state index >= 15 is 0 Å². The zero-order chi connectivity index (χ0) is 26.2. The fourth-order valence-electron chi connectivity index (χ4n) is 6.47. The SMILES string of the molecule is C[C@@H]1C[C@H](C)CN(S(=O)(=O)c2ccc3c(c2)N(CC(=O)N2CCC(N4CCCCC4)CC2)C(=O)CO3)C1. The van der Waals surface area contributed by atoms with E-state index in [0.717, 1.165) is 32.4 Å². The highest BCUT2D eigenvalue weighted by molar-refractivity contribution is 7.89. The number of nitrogens with zero attached hydrogens (tertiary/aromatic N) is 4. The van der Waals surface area contributed by atoms with Crippen molar-refractivity contribution in [2.45, 2.75) is 63.3 Å². The molecule has 1 aromatic carbocycles. The summed E-state index contributed by atoms with van der Waals surface area (Å²) in [6.45, 7) is 8.51. The van der Waals surface area contributed by atoms with E-state index < -0.39 is 10.0 Å². The van der Waals surface area contributed by atoms with Crippen LogP contribution in [-0.4, -0.2) is 92.8 Å². The topological polar surface area (TPSA) is 90.5 Å². The van der Waals surface area contributed by atoms with Crippen molar-refractivity contribution >= 4 is 27.5 Å². The number of benzene rings is 1.